The number of aryl methyl sites for hydroxylation is 2. The first kappa shape index (κ1) is 24.8. The molecule has 0 atom stereocenters. The van der Waals surface area contributed by atoms with Crippen LogP contribution in [0.4, 0.5) is 4.79 Å². The van der Waals surface area contributed by atoms with E-state index in [-0.39, 0.29) is 12.5 Å². The monoisotopic (exact) mass is 513 g/mol. The predicted octanol–water partition coefficient (Wildman–Crippen LogP) is 6.15. The maximum atomic E-state index is 12.4. The van der Waals surface area contributed by atoms with Crippen molar-refractivity contribution in [1.29, 1.82) is 0 Å². The van der Waals surface area contributed by atoms with E-state index >= 15 is 0 Å². The van der Waals surface area contributed by atoms with Crippen LogP contribution in [-0.2, 0) is 22.7 Å². The Balaban J connectivity index is 1.40. The molecule has 192 valence electrons. The van der Waals surface area contributed by atoms with Gasteiger partial charge in [0.05, 0.1) is 24.5 Å². The minimum Gasteiger partial charge on any atom is -0.445 e. The quantitative estimate of drug-likeness (QED) is 0.385. The number of hydrogen-bond donors (Lipinski definition) is 0. The number of hydroxylamine groups is 2. The normalized spacial score (nSPS) is 20.4. The van der Waals surface area contributed by atoms with Crippen molar-refractivity contribution in [3.8, 4) is 5.69 Å². The van der Waals surface area contributed by atoms with Crippen LogP contribution in [0.3, 0.4) is 0 Å². The number of nitrogens with zero attached hydrogens (tertiary/aromatic N) is 5. The lowest BCUT2D eigenvalue weighted by Crippen LogP contribution is -2.31. The molecular formula is C26H32ClN5O4. The van der Waals surface area contributed by atoms with Gasteiger partial charge in [0.15, 0.2) is 11.7 Å². The molecular weight excluding hydrogens is 482 g/mol. The molecule has 3 aromatic rings. The minimum absolute atomic E-state index is 0.251. The van der Waals surface area contributed by atoms with Gasteiger partial charge in [-0.3, -0.25) is 4.57 Å². The summed E-state index contributed by atoms with van der Waals surface area (Å²) in [5.41, 5.74) is 2.18. The van der Waals surface area contributed by atoms with Gasteiger partial charge >= 0.3 is 6.16 Å². The smallest absolute Gasteiger partial charge is 0.445 e. The molecule has 0 unspecified atom stereocenters. The molecule has 1 fully saturated rings. The molecule has 0 saturated heterocycles. The lowest BCUT2D eigenvalue weighted by atomic mass is 9.81. The topological polar surface area (TPSA) is 95.5 Å². The number of aromatic nitrogens is 4. The number of ether oxygens (including phenoxy) is 1. The second-order valence-corrected chi connectivity index (χ2v) is 11.1. The molecule has 0 radical (unpaired) electrons. The molecule has 36 heavy (non-hydrogen) atoms. The number of rotatable bonds is 3. The molecule has 0 spiro atoms. The molecule has 0 amide bonds. The summed E-state index contributed by atoms with van der Waals surface area (Å²) in [4.78, 5) is 22.6. The highest BCUT2D eigenvalue weighted by atomic mass is 35.5. The van der Waals surface area contributed by atoms with Crippen molar-refractivity contribution >= 4 is 17.8 Å². The van der Waals surface area contributed by atoms with Crippen molar-refractivity contribution in [2.24, 2.45) is 0 Å². The molecule has 1 aliphatic carbocycles. The molecule has 2 aromatic heterocycles. The zero-order valence-electron chi connectivity index (χ0n) is 21.4. The molecule has 0 bridgehead atoms. The van der Waals surface area contributed by atoms with Crippen LogP contribution in [0, 0.1) is 13.8 Å². The van der Waals surface area contributed by atoms with Gasteiger partial charge in [0.2, 0.25) is 0 Å². The number of oxazole rings is 1. The maximum absolute atomic E-state index is 12.4. The Kier molecular flexibility index (Phi) is 6.55. The van der Waals surface area contributed by atoms with Gasteiger partial charge in [0.25, 0.3) is 0 Å². The first-order valence-corrected chi connectivity index (χ1v) is 12.8. The third kappa shape index (κ3) is 5.13. The Labute approximate surface area is 215 Å². The summed E-state index contributed by atoms with van der Waals surface area (Å²) in [5, 5.41) is 11.3. The summed E-state index contributed by atoms with van der Waals surface area (Å²) in [6.45, 7) is 9.98. The summed E-state index contributed by atoms with van der Waals surface area (Å²) in [5.74, 6) is 3.94. The van der Waals surface area contributed by atoms with E-state index in [1.54, 1.807) is 25.8 Å². The van der Waals surface area contributed by atoms with Gasteiger partial charge in [0, 0.05) is 16.9 Å². The van der Waals surface area contributed by atoms with E-state index < -0.39 is 11.8 Å². The molecule has 3 heterocycles. The van der Waals surface area contributed by atoms with Crippen LogP contribution >= 0.6 is 11.6 Å². The predicted molar refractivity (Wildman–Crippen MR) is 133 cm³/mol. The number of carbonyl (C=O) groups excluding carboxylic acids is 1. The van der Waals surface area contributed by atoms with Crippen LogP contribution in [0.1, 0.15) is 92.8 Å². The number of carbonyl (C=O) groups is 1. The fraction of sp³-hybridized carbons (Fsp3) is 0.538. The highest BCUT2D eigenvalue weighted by Gasteiger charge is 2.33. The zero-order chi connectivity index (χ0) is 25.6. The van der Waals surface area contributed by atoms with Gasteiger partial charge in [0.1, 0.15) is 17.2 Å². The van der Waals surface area contributed by atoms with Gasteiger partial charge in [-0.2, -0.15) is 0 Å². The molecule has 9 nitrogen and oxygen atoms in total. The summed E-state index contributed by atoms with van der Waals surface area (Å²) in [6, 6.07) is 5.74. The van der Waals surface area contributed by atoms with Crippen molar-refractivity contribution in [3.63, 3.8) is 0 Å². The molecule has 1 saturated carbocycles. The first-order chi connectivity index (χ1) is 17.1. The Morgan fingerprint density at radius 1 is 1.08 bits per heavy atom. The van der Waals surface area contributed by atoms with Crippen LogP contribution < -0.4 is 0 Å². The highest BCUT2D eigenvalue weighted by molar-refractivity contribution is 6.30. The van der Waals surface area contributed by atoms with Crippen LogP contribution in [0.5, 0.6) is 0 Å². The van der Waals surface area contributed by atoms with Crippen LogP contribution in [-0.4, -0.2) is 36.6 Å². The number of fused-ring (bicyclic) bond motifs is 3. The highest BCUT2D eigenvalue weighted by Crippen LogP contribution is 2.41. The van der Waals surface area contributed by atoms with Gasteiger partial charge in [-0.15, -0.1) is 15.3 Å². The van der Waals surface area contributed by atoms with E-state index in [0.717, 1.165) is 60.1 Å². The van der Waals surface area contributed by atoms with Gasteiger partial charge in [-0.05, 0) is 84.1 Å². The third-order valence-electron chi connectivity index (χ3n) is 6.78. The number of halogens is 1. The SMILES string of the molecule is Cc1nc([C@H]2CC[C@H](c3nnc4n3-c3ccc(Cl)cc3CN(OC(=O)OC(C)(C)C)C4)CC2)oc1C. The number of hydrogen-bond acceptors (Lipinski definition) is 8. The zero-order valence-corrected chi connectivity index (χ0v) is 22.1. The van der Waals surface area contributed by atoms with E-state index in [9.17, 15) is 4.79 Å². The summed E-state index contributed by atoms with van der Waals surface area (Å²) in [6.07, 6.45) is 3.13. The minimum atomic E-state index is -0.755. The van der Waals surface area contributed by atoms with E-state index in [4.69, 9.17) is 25.6 Å². The van der Waals surface area contributed by atoms with E-state index in [1.165, 1.54) is 0 Å². The van der Waals surface area contributed by atoms with Gasteiger partial charge in [-0.1, -0.05) is 11.6 Å². The first-order valence-electron chi connectivity index (χ1n) is 12.4. The van der Waals surface area contributed by atoms with Crippen molar-refractivity contribution in [3.05, 3.63) is 57.8 Å². The van der Waals surface area contributed by atoms with Crippen LogP contribution in [0.25, 0.3) is 5.69 Å². The Morgan fingerprint density at radius 2 is 1.81 bits per heavy atom. The second-order valence-electron chi connectivity index (χ2n) is 10.7. The van der Waals surface area contributed by atoms with Crippen molar-refractivity contribution < 1.29 is 18.8 Å². The van der Waals surface area contributed by atoms with E-state index in [1.807, 2.05) is 32.0 Å². The van der Waals surface area contributed by atoms with Crippen molar-refractivity contribution in [2.45, 2.75) is 90.8 Å². The number of benzene rings is 1. The maximum Gasteiger partial charge on any atom is 0.528 e. The average molecular weight is 514 g/mol. The lowest BCUT2D eigenvalue weighted by molar-refractivity contribution is -0.155. The molecule has 2 aliphatic rings. The molecule has 1 aliphatic heterocycles. The Hall–Kier alpha value is -2.91. The summed E-state index contributed by atoms with van der Waals surface area (Å²) in [7, 11) is 0. The van der Waals surface area contributed by atoms with Gasteiger partial charge in [-0.25, -0.2) is 9.78 Å². The van der Waals surface area contributed by atoms with Crippen molar-refractivity contribution in [2.75, 3.05) is 0 Å². The average Bonchev–Trinajstić information content (AvgIpc) is 3.31. The van der Waals surface area contributed by atoms with Gasteiger partial charge < -0.3 is 14.0 Å². The Bertz CT molecular complexity index is 1250. The molecule has 1 aromatic carbocycles. The molecule has 5 rings (SSSR count). The fourth-order valence-electron chi connectivity index (χ4n) is 4.97. The van der Waals surface area contributed by atoms with E-state index in [0.29, 0.717) is 23.3 Å². The summed E-state index contributed by atoms with van der Waals surface area (Å²) < 4.78 is 13.4. The summed E-state index contributed by atoms with van der Waals surface area (Å²) >= 11 is 6.34. The third-order valence-corrected chi connectivity index (χ3v) is 7.02. The van der Waals surface area contributed by atoms with E-state index in [2.05, 4.69) is 19.7 Å². The molecule has 10 heteroatoms. The van der Waals surface area contributed by atoms with Crippen molar-refractivity contribution in [1.82, 2.24) is 24.8 Å². The largest absolute Gasteiger partial charge is 0.528 e. The second kappa shape index (κ2) is 9.52. The molecule has 0 N–H and O–H groups in total. The van der Waals surface area contributed by atoms with Crippen LogP contribution in [0.2, 0.25) is 5.02 Å². The fourth-order valence-corrected chi connectivity index (χ4v) is 5.17. The lowest BCUT2D eigenvalue weighted by Gasteiger charge is -2.26. The van der Waals surface area contributed by atoms with Crippen LogP contribution in [0.15, 0.2) is 22.6 Å². The Morgan fingerprint density at radius 3 is 2.47 bits per heavy atom. The standard InChI is InChI=1S/C26H32ClN5O4/c1-15-16(2)34-24(28-15)18-8-6-17(7-9-18)23-30-29-22-14-31(36-25(33)35-26(3,4)5)13-19-12-20(27)10-11-21(19)32(22)23/h10-12,17-18H,6-9,13-14H2,1-5H3/t17-,18-.